The molecular formula is C18H26FNO3. The molecule has 0 aromatic heterocycles. The minimum Gasteiger partial charge on any atom is -0.444 e. The second kappa shape index (κ2) is 6.87. The van der Waals surface area contributed by atoms with E-state index in [9.17, 15) is 14.3 Å². The van der Waals surface area contributed by atoms with Crippen molar-refractivity contribution in [3.8, 4) is 0 Å². The van der Waals surface area contributed by atoms with Crippen LogP contribution in [0.2, 0.25) is 0 Å². The zero-order valence-corrected chi connectivity index (χ0v) is 14.1. The Morgan fingerprint density at radius 1 is 1.39 bits per heavy atom. The van der Waals surface area contributed by atoms with Gasteiger partial charge in [-0.05, 0) is 63.6 Å². The molecule has 128 valence electrons. The van der Waals surface area contributed by atoms with E-state index in [-0.39, 0.29) is 12.4 Å². The maximum absolute atomic E-state index is 13.4. The summed E-state index contributed by atoms with van der Waals surface area (Å²) in [5, 5.41) is 12.7. The fourth-order valence-corrected chi connectivity index (χ4v) is 2.90. The molecule has 4 nitrogen and oxygen atoms in total. The number of amides is 1. The van der Waals surface area contributed by atoms with Crippen LogP contribution < -0.4 is 5.32 Å². The fraction of sp³-hybridized carbons (Fsp3) is 0.611. The van der Waals surface area contributed by atoms with Gasteiger partial charge in [-0.15, -0.1) is 0 Å². The van der Waals surface area contributed by atoms with Crippen molar-refractivity contribution in [1.82, 2.24) is 5.32 Å². The van der Waals surface area contributed by atoms with E-state index in [0.717, 1.165) is 18.4 Å². The standard InChI is InChI=1S/C18H26FNO3/c1-17(2,3)23-16(22)20-11-18(12-21,14-7-8-14)10-13-5-4-6-15(19)9-13/h4-6,9,14,21H,7-8,10-12H2,1-3H3,(H,20,22). The maximum Gasteiger partial charge on any atom is 0.407 e. The van der Waals surface area contributed by atoms with Crippen molar-refractivity contribution in [3.63, 3.8) is 0 Å². The van der Waals surface area contributed by atoms with Gasteiger partial charge in [-0.2, -0.15) is 0 Å². The van der Waals surface area contributed by atoms with E-state index in [4.69, 9.17) is 4.74 Å². The summed E-state index contributed by atoms with van der Waals surface area (Å²) in [6.07, 6.45) is 2.08. The lowest BCUT2D eigenvalue weighted by Crippen LogP contribution is -2.44. The first-order valence-electron chi connectivity index (χ1n) is 8.06. The van der Waals surface area contributed by atoms with Gasteiger partial charge in [-0.1, -0.05) is 12.1 Å². The molecule has 1 amide bonds. The average molecular weight is 323 g/mol. The molecule has 1 aromatic rings. The van der Waals surface area contributed by atoms with Gasteiger partial charge in [0.05, 0.1) is 6.61 Å². The molecule has 0 saturated heterocycles. The molecule has 1 saturated carbocycles. The molecule has 0 radical (unpaired) electrons. The van der Waals surface area contributed by atoms with E-state index >= 15 is 0 Å². The molecule has 1 aromatic carbocycles. The van der Waals surface area contributed by atoms with Gasteiger partial charge in [0.2, 0.25) is 0 Å². The highest BCUT2D eigenvalue weighted by atomic mass is 19.1. The van der Waals surface area contributed by atoms with Crippen molar-refractivity contribution in [2.75, 3.05) is 13.2 Å². The second-order valence-corrected chi connectivity index (χ2v) is 7.46. The quantitative estimate of drug-likeness (QED) is 0.844. The van der Waals surface area contributed by atoms with Crippen LogP contribution in [-0.2, 0) is 11.2 Å². The van der Waals surface area contributed by atoms with E-state index in [1.165, 1.54) is 12.1 Å². The van der Waals surface area contributed by atoms with Gasteiger partial charge < -0.3 is 15.2 Å². The number of aliphatic hydroxyl groups excluding tert-OH is 1. The van der Waals surface area contributed by atoms with Crippen LogP contribution in [0.4, 0.5) is 9.18 Å². The largest absolute Gasteiger partial charge is 0.444 e. The predicted octanol–water partition coefficient (Wildman–Crippen LogP) is 3.28. The zero-order valence-electron chi connectivity index (χ0n) is 14.1. The first-order valence-corrected chi connectivity index (χ1v) is 8.06. The summed E-state index contributed by atoms with van der Waals surface area (Å²) in [5.74, 6) is 0.0518. The Bertz CT molecular complexity index is 551. The molecule has 1 unspecified atom stereocenters. The van der Waals surface area contributed by atoms with Crippen LogP contribution in [-0.4, -0.2) is 30.0 Å². The van der Waals surface area contributed by atoms with Gasteiger partial charge in [0, 0.05) is 12.0 Å². The molecule has 1 aliphatic carbocycles. The Balaban J connectivity index is 2.05. The monoisotopic (exact) mass is 323 g/mol. The van der Waals surface area contributed by atoms with E-state index < -0.39 is 17.1 Å². The van der Waals surface area contributed by atoms with Crippen molar-refractivity contribution < 1.29 is 19.0 Å². The first-order chi connectivity index (χ1) is 10.7. The molecule has 1 aliphatic rings. The highest BCUT2D eigenvalue weighted by molar-refractivity contribution is 5.67. The summed E-state index contributed by atoms with van der Waals surface area (Å²) in [6.45, 7) is 5.68. The highest BCUT2D eigenvalue weighted by Gasteiger charge is 2.45. The summed E-state index contributed by atoms with van der Waals surface area (Å²) < 4.78 is 18.7. The first kappa shape index (κ1) is 17.7. The summed E-state index contributed by atoms with van der Waals surface area (Å²) in [4.78, 5) is 11.9. The molecule has 0 aliphatic heterocycles. The lowest BCUT2D eigenvalue weighted by atomic mass is 9.77. The lowest BCUT2D eigenvalue weighted by molar-refractivity contribution is 0.0439. The summed E-state index contributed by atoms with van der Waals surface area (Å²) in [5.41, 5.74) is -0.198. The number of hydrogen-bond donors (Lipinski definition) is 2. The van der Waals surface area contributed by atoms with Crippen molar-refractivity contribution in [2.24, 2.45) is 11.3 Å². The van der Waals surface area contributed by atoms with E-state index in [2.05, 4.69) is 5.32 Å². The van der Waals surface area contributed by atoms with Gasteiger partial charge in [0.15, 0.2) is 0 Å². The Hall–Kier alpha value is -1.62. The van der Waals surface area contributed by atoms with Gasteiger partial charge in [-0.25, -0.2) is 9.18 Å². The number of halogens is 1. The minimum absolute atomic E-state index is 0.0516. The Morgan fingerprint density at radius 2 is 2.09 bits per heavy atom. The van der Waals surface area contributed by atoms with Crippen LogP contribution in [0.1, 0.15) is 39.2 Å². The maximum atomic E-state index is 13.4. The van der Waals surface area contributed by atoms with Gasteiger partial charge in [0.25, 0.3) is 0 Å². The van der Waals surface area contributed by atoms with Crippen LogP contribution in [0.25, 0.3) is 0 Å². The Morgan fingerprint density at radius 3 is 2.61 bits per heavy atom. The summed E-state index contributed by atoms with van der Waals surface area (Å²) in [7, 11) is 0. The summed E-state index contributed by atoms with van der Waals surface area (Å²) >= 11 is 0. The number of hydrogen-bond acceptors (Lipinski definition) is 3. The molecule has 1 fully saturated rings. The van der Waals surface area contributed by atoms with E-state index in [1.54, 1.807) is 26.8 Å². The van der Waals surface area contributed by atoms with Crippen molar-refractivity contribution >= 4 is 6.09 Å². The molecule has 2 rings (SSSR count). The third-order valence-corrected chi connectivity index (χ3v) is 4.19. The second-order valence-electron chi connectivity index (χ2n) is 7.46. The van der Waals surface area contributed by atoms with Crippen molar-refractivity contribution in [3.05, 3.63) is 35.6 Å². The molecule has 1 atom stereocenters. The van der Waals surface area contributed by atoms with Gasteiger partial charge >= 0.3 is 6.09 Å². The third-order valence-electron chi connectivity index (χ3n) is 4.19. The van der Waals surface area contributed by atoms with Crippen molar-refractivity contribution in [2.45, 2.75) is 45.6 Å². The van der Waals surface area contributed by atoms with Gasteiger partial charge in [-0.3, -0.25) is 0 Å². The molecule has 0 heterocycles. The molecule has 2 N–H and O–H groups in total. The topological polar surface area (TPSA) is 58.6 Å². The lowest BCUT2D eigenvalue weighted by Gasteiger charge is -2.33. The number of ether oxygens (including phenoxy) is 1. The molecular weight excluding hydrogens is 297 g/mol. The average Bonchev–Trinajstić information content (AvgIpc) is 3.26. The van der Waals surface area contributed by atoms with Crippen LogP contribution in [0.3, 0.4) is 0 Å². The number of alkyl carbamates (subject to hydrolysis) is 1. The van der Waals surface area contributed by atoms with Crippen molar-refractivity contribution in [1.29, 1.82) is 0 Å². The van der Waals surface area contributed by atoms with Crippen LogP contribution in [0, 0.1) is 17.2 Å². The number of aliphatic hydroxyl groups is 1. The smallest absolute Gasteiger partial charge is 0.407 e. The molecule has 23 heavy (non-hydrogen) atoms. The van der Waals surface area contributed by atoms with E-state index in [0.29, 0.717) is 18.9 Å². The molecule has 0 spiro atoms. The predicted molar refractivity (Wildman–Crippen MR) is 86.6 cm³/mol. The number of rotatable bonds is 6. The number of carbonyl (C=O) groups is 1. The summed E-state index contributed by atoms with van der Waals surface area (Å²) in [6, 6.07) is 6.41. The normalized spacial score (nSPS) is 17.4. The fourth-order valence-electron chi connectivity index (χ4n) is 2.90. The minimum atomic E-state index is -0.561. The molecule has 0 bridgehead atoms. The highest BCUT2D eigenvalue weighted by Crippen LogP contribution is 2.47. The Kier molecular flexibility index (Phi) is 5.30. The number of nitrogens with one attached hydrogen (secondary N) is 1. The Labute approximate surface area is 137 Å². The van der Waals surface area contributed by atoms with Crippen LogP contribution in [0.5, 0.6) is 0 Å². The third kappa shape index (κ3) is 5.20. The molecule has 5 heteroatoms. The number of benzene rings is 1. The SMILES string of the molecule is CC(C)(C)OC(=O)NCC(CO)(Cc1cccc(F)c1)C1CC1. The van der Waals surface area contributed by atoms with Gasteiger partial charge in [0.1, 0.15) is 11.4 Å². The zero-order chi connectivity index (χ0) is 17.1. The van der Waals surface area contributed by atoms with Crippen LogP contribution in [0.15, 0.2) is 24.3 Å². The van der Waals surface area contributed by atoms with E-state index in [1.807, 2.05) is 6.07 Å². The number of carbonyl (C=O) groups excluding carboxylic acids is 1. The van der Waals surface area contributed by atoms with Crippen LogP contribution >= 0.6 is 0 Å².